The standard InChI is InChI=1S/C19H31N3O3/c1-25-17(23)19-8-3-2-4-15(19)12-22(13-19)18(24)20-10-14-7-9-21(11-14)16-5-6-16/h14-16H,2-13H2,1H3,(H,20,24)/t14?,15-,19-/m1/s1. The molecule has 2 heterocycles. The van der Waals surface area contributed by atoms with Crippen molar-refractivity contribution in [3.63, 3.8) is 0 Å². The van der Waals surface area contributed by atoms with Crippen LogP contribution in [0.2, 0.25) is 0 Å². The molecule has 140 valence electrons. The number of methoxy groups -OCH3 is 1. The Morgan fingerprint density at radius 1 is 1.16 bits per heavy atom. The Morgan fingerprint density at radius 3 is 2.76 bits per heavy atom. The van der Waals surface area contributed by atoms with Crippen molar-refractivity contribution in [2.24, 2.45) is 17.3 Å². The molecule has 3 atom stereocenters. The van der Waals surface area contributed by atoms with Crippen molar-refractivity contribution in [3.05, 3.63) is 0 Å². The number of nitrogens with one attached hydrogen (secondary N) is 1. The number of esters is 1. The summed E-state index contributed by atoms with van der Waals surface area (Å²) >= 11 is 0. The fourth-order valence-corrected chi connectivity index (χ4v) is 5.29. The predicted octanol–water partition coefficient (Wildman–Crippen LogP) is 1.85. The summed E-state index contributed by atoms with van der Waals surface area (Å²) in [5.74, 6) is 0.712. The second kappa shape index (κ2) is 6.78. The molecule has 1 N–H and O–H groups in total. The minimum Gasteiger partial charge on any atom is -0.469 e. The Balaban J connectivity index is 1.31. The van der Waals surface area contributed by atoms with Crippen molar-refractivity contribution >= 4 is 12.0 Å². The van der Waals surface area contributed by atoms with Gasteiger partial charge in [0.15, 0.2) is 0 Å². The molecule has 4 fully saturated rings. The molecule has 0 aromatic rings. The summed E-state index contributed by atoms with van der Waals surface area (Å²) < 4.78 is 5.10. The van der Waals surface area contributed by atoms with Crippen LogP contribution in [0, 0.1) is 17.3 Å². The Bertz CT molecular complexity index is 536. The van der Waals surface area contributed by atoms with Gasteiger partial charge in [-0.2, -0.15) is 0 Å². The molecular weight excluding hydrogens is 318 g/mol. The molecule has 0 radical (unpaired) electrons. The van der Waals surface area contributed by atoms with Crippen LogP contribution in [0.4, 0.5) is 4.79 Å². The monoisotopic (exact) mass is 349 g/mol. The van der Waals surface area contributed by atoms with Gasteiger partial charge in [0.1, 0.15) is 0 Å². The number of urea groups is 1. The zero-order valence-corrected chi connectivity index (χ0v) is 15.3. The summed E-state index contributed by atoms with van der Waals surface area (Å²) in [6, 6.07) is 0.824. The lowest BCUT2D eigenvalue weighted by Gasteiger charge is -2.35. The molecule has 4 rings (SSSR count). The van der Waals surface area contributed by atoms with Crippen molar-refractivity contribution < 1.29 is 14.3 Å². The number of hydrogen-bond acceptors (Lipinski definition) is 4. The van der Waals surface area contributed by atoms with Gasteiger partial charge in [-0.25, -0.2) is 4.79 Å². The summed E-state index contributed by atoms with van der Waals surface area (Å²) in [6.45, 7) is 4.28. The second-order valence-electron chi connectivity index (χ2n) is 8.54. The van der Waals surface area contributed by atoms with Crippen molar-refractivity contribution in [2.45, 2.75) is 51.0 Å². The maximum absolute atomic E-state index is 12.7. The Morgan fingerprint density at radius 2 is 2.00 bits per heavy atom. The molecule has 2 aliphatic carbocycles. The average Bonchev–Trinajstić information content (AvgIpc) is 3.24. The van der Waals surface area contributed by atoms with Crippen LogP contribution in [0.15, 0.2) is 0 Å². The molecule has 2 aliphatic heterocycles. The topological polar surface area (TPSA) is 61.9 Å². The summed E-state index contributed by atoms with van der Waals surface area (Å²) in [4.78, 5) is 29.5. The highest BCUT2D eigenvalue weighted by molar-refractivity contribution is 5.81. The first-order valence-electron chi connectivity index (χ1n) is 9.97. The zero-order valence-electron chi connectivity index (χ0n) is 15.3. The van der Waals surface area contributed by atoms with E-state index in [9.17, 15) is 9.59 Å². The van der Waals surface area contributed by atoms with E-state index >= 15 is 0 Å². The van der Waals surface area contributed by atoms with E-state index in [2.05, 4.69) is 10.2 Å². The smallest absolute Gasteiger partial charge is 0.317 e. The maximum Gasteiger partial charge on any atom is 0.317 e. The molecule has 1 unspecified atom stereocenters. The molecular formula is C19H31N3O3. The van der Waals surface area contributed by atoms with Gasteiger partial charge in [-0.3, -0.25) is 4.79 Å². The Hall–Kier alpha value is -1.30. The highest BCUT2D eigenvalue weighted by Crippen LogP contribution is 2.47. The van der Waals surface area contributed by atoms with E-state index < -0.39 is 5.41 Å². The number of carbonyl (C=O) groups is 2. The van der Waals surface area contributed by atoms with E-state index in [4.69, 9.17) is 4.74 Å². The SMILES string of the molecule is COC(=O)[C@@]12CCCC[C@@H]1CN(C(=O)NCC1CCN(C3CC3)C1)C2. The second-order valence-corrected chi connectivity index (χ2v) is 8.54. The summed E-state index contributed by atoms with van der Waals surface area (Å²) in [5, 5.41) is 3.14. The fourth-order valence-electron chi connectivity index (χ4n) is 5.29. The first kappa shape index (κ1) is 17.1. The lowest BCUT2D eigenvalue weighted by atomic mass is 9.68. The largest absolute Gasteiger partial charge is 0.469 e. The van der Waals surface area contributed by atoms with Crippen molar-refractivity contribution in [3.8, 4) is 0 Å². The van der Waals surface area contributed by atoms with Crippen LogP contribution in [0.3, 0.4) is 0 Å². The summed E-state index contributed by atoms with van der Waals surface area (Å²) in [6.07, 6.45) is 7.97. The Kier molecular flexibility index (Phi) is 4.65. The molecule has 2 saturated carbocycles. The number of nitrogens with zero attached hydrogens (tertiary/aromatic N) is 2. The van der Waals surface area contributed by atoms with Gasteiger partial charge < -0.3 is 19.9 Å². The number of likely N-dealkylation sites (tertiary alicyclic amines) is 2. The quantitative estimate of drug-likeness (QED) is 0.787. The van der Waals surface area contributed by atoms with Gasteiger partial charge in [-0.15, -0.1) is 0 Å². The molecule has 0 aromatic heterocycles. The zero-order chi connectivity index (χ0) is 17.4. The number of carbonyl (C=O) groups excluding carboxylic acids is 2. The molecule has 2 amide bonds. The van der Waals surface area contributed by atoms with Gasteiger partial charge >= 0.3 is 12.0 Å². The maximum atomic E-state index is 12.7. The molecule has 0 aromatic carbocycles. The number of rotatable bonds is 4. The molecule has 0 spiro atoms. The van der Waals surface area contributed by atoms with E-state index in [1.54, 1.807) is 0 Å². The highest BCUT2D eigenvalue weighted by atomic mass is 16.5. The van der Waals surface area contributed by atoms with Crippen molar-refractivity contribution in [2.75, 3.05) is 39.8 Å². The lowest BCUT2D eigenvalue weighted by Crippen LogP contribution is -2.44. The van der Waals surface area contributed by atoms with Gasteiger partial charge in [-0.05, 0) is 50.5 Å². The highest BCUT2D eigenvalue weighted by Gasteiger charge is 2.54. The van der Waals surface area contributed by atoms with Crippen LogP contribution in [0.1, 0.15) is 44.9 Å². The minimum atomic E-state index is -0.458. The van der Waals surface area contributed by atoms with E-state index in [0.29, 0.717) is 19.0 Å². The molecule has 6 nitrogen and oxygen atoms in total. The van der Waals surface area contributed by atoms with E-state index in [-0.39, 0.29) is 17.9 Å². The third-order valence-electron chi connectivity index (χ3n) is 6.92. The van der Waals surface area contributed by atoms with E-state index in [1.165, 1.54) is 32.9 Å². The van der Waals surface area contributed by atoms with Crippen LogP contribution >= 0.6 is 0 Å². The van der Waals surface area contributed by atoms with Crippen LogP contribution < -0.4 is 5.32 Å². The van der Waals surface area contributed by atoms with Crippen LogP contribution in [0.25, 0.3) is 0 Å². The van der Waals surface area contributed by atoms with Gasteiger partial charge in [0.25, 0.3) is 0 Å². The van der Waals surface area contributed by atoms with Gasteiger partial charge in [0.05, 0.1) is 12.5 Å². The minimum absolute atomic E-state index is 0.00236. The number of hydrogen-bond donors (Lipinski definition) is 1. The normalized spacial score (nSPS) is 35.5. The molecule has 4 aliphatic rings. The number of fused-ring (bicyclic) bond motifs is 1. The lowest BCUT2D eigenvalue weighted by molar-refractivity contribution is -0.156. The molecule has 0 bridgehead atoms. The predicted molar refractivity (Wildman–Crippen MR) is 94.1 cm³/mol. The van der Waals surface area contributed by atoms with Gasteiger partial charge in [0.2, 0.25) is 0 Å². The van der Waals surface area contributed by atoms with E-state index in [0.717, 1.165) is 44.8 Å². The molecule has 25 heavy (non-hydrogen) atoms. The van der Waals surface area contributed by atoms with Gasteiger partial charge in [-0.1, -0.05) is 12.8 Å². The first-order chi connectivity index (χ1) is 12.1. The van der Waals surface area contributed by atoms with Crippen LogP contribution in [0.5, 0.6) is 0 Å². The molecule has 2 saturated heterocycles. The third-order valence-corrected chi connectivity index (χ3v) is 6.92. The van der Waals surface area contributed by atoms with Crippen LogP contribution in [-0.4, -0.2) is 67.7 Å². The summed E-state index contributed by atoms with van der Waals surface area (Å²) in [7, 11) is 1.47. The average molecular weight is 349 g/mol. The van der Waals surface area contributed by atoms with Crippen molar-refractivity contribution in [1.82, 2.24) is 15.1 Å². The van der Waals surface area contributed by atoms with Crippen LogP contribution in [-0.2, 0) is 9.53 Å². The first-order valence-corrected chi connectivity index (χ1v) is 9.97. The number of ether oxygens (including phenoxy) is 1. The molecule has 6 heteroatoms. The third kappa shape index (κ3) is 3.25. The van der Waals surface area contributed by atoms with Gasteiger partial charge in [0, 0.05) is 32.2 Å². The Labute approximate surface area is 150 Å². The number of amides is 2. The fraction of sp³-hybridized carbons (Fsp3) is 0.895. The summed E-state index contributed by atoms with van der Waals surface area (Å²) in [5.41, 5.74) is -0.458. The van der Waals surface area contributed by atoms with Crippen molar-refractivity contribution in [1.29, 1.82) is 0 Å². The van der Waals surface area contributed by atoms with E-state index in [1.807, 2.05) is 4.90 Å².